The molecule has 3 N–H and O–H groups in total. The summed E-state index contributed by atoms with van der Waals surface area (Å²) >= 11 is 0. The molecule has 3 aromatic rings. The maximum Gasteiger partial charge on any atom is 0.251 e. The van der Waals surface area contributed by atoms with E-state index >= 15 is 0 Å². The SMILES string of the molecule is O=C(NC[C@]12CC[C@@]3(O1)[C@H]1Cc4ccc(O)cc4[C@@]3(CCN1Cc1ccccc1)C2)c1cccc(O)c1. The van der Waals surface area contributed by atoms with Crippen molar-refractivity contribution in [1.29, 1.82) is 0 Å². The molecule has 3 heterocycles. The van der Waals surface area contributed by atoms with Crippen LogP contribution in [0.2, 0.25) is 0 Å². The lowest BCUT2D eigenvalue weighted by Gasteiger charge is -2.60. The van der Waals surface area contributed by atoms with E-state index in [0.29, 0.717) is 17.9 Å². The van der Waals surface area contributed by atoms with Crippen molar-refractivity contribution in [2.75, 3.05) is 13.1 Å². The van der Waals surface area contributed by atoms with E-state index in [-0.39, 0.29) is 28.7 Å². The summed E-state index contributed by atoms with van der Waals surface area (Å²) in [6.45, 7) is 2.30. The van der Waals surface area contributed by atoms with Gasteiger partial charge in [0.25, 0.3) is 5.91 Å². The number of phenols is 2. The molecule has 4 bridgehead atoms. The minimum absolute atomic E-state index is 0.0800. The number of ether oxygens (including phenoxy) is 1. The van der Waals surface area contributed by atoms with Crippen molar-refractivity contribution in [3.05, 3.63) is 95.1 Å². The predicted molar refractivity (Wildman–Crippen MR) is 140 cm³/mol. The van der Waals surface area contributed by atoms with Crippen LogP contribution in [-0.4, -0.2) is 51.4 Å². The minimum atomic E-state index is -0.444. The first-order valence-electron chi connectivity index (χ1n) is 13.3. The summed E-state index contributed by atoms with van der Waals surface area (Å²) in [7, 11) is 0. The number of carbonyl (C=O) groups is 1. The molecule has 0 aromatic heterocycles. The highest BCUT2D eigenvalue weighted by Gasteiger charge is 2.75. The molecule has 1 spiro atoms. The lowest BCUT2D eigenvalue weighted by molar-refractivity contribution is -0.140. The van der Waals surface area contributed by atoms with Crippen LogP contribution in [0.25, 0.3) is 0 Å². The number of fused-ring (bicyclic) bond motifs is 2. The number of hydrogen-bond donors (Lipinski definition) is 3. The van der Waals surface area contributed by atoms with E-state index < -0.39 is 5.60 Å². The van der Waals surface area contributed by atoms with Crippen LogP contribution in [0.15, 0.2) is 72.8 Å². The Hall–Kier alpha value is -3.35. The quantitative estimate of drug-likeness (QED) is 0.491. The largest absolute Gasteiger partial charge is 0.508 e. The summed E-state index contributed by atoms with van der Waals surface area (Å²) in [4.78, 5) is 15.6. The van der Waals surface area contributed by atoms with Crippen LogP contribution in [0, 0.1) is 0 Å². The predicted octanol–water partition coefficient (Wildman–Crippen LogP) is 4.29. The van der Waals surface area contributed by atoms with Gasteiger partial charge >= 0.3 is 0 Å². The van der Waals surface area contributed by atoms with Gasteiger partial charge in [0.1, 0.15) is 11.5 Å². The van der Waals surface area contributed by atoms with Crippen molar-refractivity contribution >= 4 is 5.91 Å². The summed E-state index contributed by atoms with van der Waals surface area (Å²) in [6, 6.07) is 23.2. The molecule has 0 saturated carbocycles. The van der Waals surface area contributed by atoms with Crippen LogP contribution in [0.3, 0.4) is 0 Å². The number of benzene rings is 3. The van der Waals surface area contributed by atoms with Gasteiger partial charge in [-0.25, -0.2) is 0 Å². The van der Waals surface area contributed by atoms with Crippen molar-refractivity contribution in [3.8, 4) is 11.5 Å². The topological polar surface area (TPSA) is 82.0 Å². The lowest BCUT2D eigenvalue weighted by Crippen LogP contribution is -2.69. The third kappa shape index (κ3) is 3.35. The molecule has 4 aliphatic rings. The van der Waals surface area contributed by atoms with Crippen molar-refractivity contribution in [3.63, 3.8) is 0 Å². The molecule has 6 nitrogen and oxygen atoms in total. The number of amides is 1. The molecular weight excluding hydrogens is 464 g/mol. The van der Waals surface area contributed by atoms with Gasteiger partial charge in [-0.05, 0) is 85.7 Å². The molecule has 3 saturated heterocycles. The Morgan fingerprint density at radius 2 is 1.81 bits per heavy atom. The summed E-state index contributed by atoms with van der Waals surface area (Å²) in [5, 5.41) is 23.4. The molecule has 3 fully saturated rings. The van der Waals surface area contributed by atoms with Crippen LogP contribution < -0.4 is 5.32 Å². The first kappa shape index (κ1) is 22.8. The van der Waals surface area contributed by atoms with Gasteiger partial charge in [0.05, 0.1) is 11.2 Å². The second-order valence-corrected chi connectivity index (χ2v) is 11.4. The molecule has 0 unspecified atom stereocenters. The number of piperidine rings is 1. The van der Waals surface area contributed by atoms with E-state index in [2.05, 4.69) is 46.6 Å². The van der Waals surface area contributed by atoms with Gasteiger partial charge in [-0.2, -0.15) is 0 Å². The Bertz CT molecular complexity index is 1380. The van der Waals surface area contributed by atoms with E-state index in [1.165, 1.54) is 22.8 Å². The third-order valence-corrected chi connectivity index (χ3v) is 9.52. The fourth-order valence-electron chi connectivity index (χ4n) is 8.03. The van der Waals surface area contributed by atoms with Crippen molar-refractivity contribution in [2.45, 2.75) is 61.3 Å². The normalized spacial score (nSPS) is 31.5. The zero-order chi connectivity index (χ0) is 25.3. The monoisotopic (exact) mass is 496 g/mol. The number of nitrogens with zero attached hydrogens (tertiary/aromatic N) is 1. The van der Waals surface area contributed by atoms with Gasteiger partial charge in [0.15, 0.2) is 0 Å². The van der Waals surface area contributed by atoms with Crippen molar-refractivity contribution < 1.29 is 19.7 Å². The van der Waals surface area contributed by atoms with E-state index in [0.717, 1.165) is 45.2 Å². The molecule has 37 heavy (non-hydrogen) atoms. The summed E-state index contributed by atoms with van der Waals surface area (Å²) < 4.78 is 7.20. The molecule has 3 aromatic carbocycles. The number of likely N-dealkylation sites (tertiary alicyclic amines) is 1. The fraction of sp³-hybridized carbons (Fsp3) is 0.387. The number of carbonyl (C=O) groups excluding carboxylic acids is 1. The second kappa shape index (κ2) is 8.07. The van der Waals surface area contributed by atoms with Gasteiger partial charge in [-0.1, -0.05) is 42.5 Å². The van der Waals surface area contributed by atoms with Gasteiger partial charge in [0, 0.05) is 30.1 Å². The van der Waals surface area contributed by atoms with Crippen LogP contribution in [0.1, 0.15) is 52.7 Å². The number of nitrogens with one attached hydrogen (secondary N) is 1. The molecule has 1 amide bonds. The van der Waals surface area contributed by atoms with Gasteiger partial charge in [0.2, 0.25) is 0 Å². The number of hydrogen-bond acceptors (Lipinski definition) is 5. The second-order valence-electron chi connectivity index (χ2n) is 11.4. The Morgan fingerprint density at radius 3 is 2.65 bits per heavy atom. The van der Waals surface area contributed by atoms with Crippen LogP contribution in [0.5, 0.6) is 11.5 Å². The third-order valence-electron chi connectivity index (χ3n) is 9.52. The Labute approximate surface area is 216 Å². The zero-order valence-electron chi connectivity index (χ0n) is 20.8. The maximum atomic E-state index is 12.9. The van der Waals surface area contributed by atoms with Crippen LogP contribution >= 0.6 is 0 Å². The maximum absolute atomic E-state index is 12.9. The number of rotatable bonds is 5. The smallest absolute Gasteiger partial charge is 0.251 e. The lowest BCUT2D eigenvalue weighted by atomic mass is 9.50. The average Bonchev–Trinajstić information content (AvgIpc) is 3.43. The average molecular weight is 497 g/mol. The molecule has 3 aliphatic heterocycles. The summed E-state index contributed by atoms with van der Waals surface area (Å²) in [6.07, 6.45) is 4.55. The molecular formula is C31H32N2O4. The summed E-state index contributed by atoms with van der Waals surface area (Å²) in [5.41, 5.74) is 3.34. The van der Waals surface area contributed by atoms with E-state index in [4.69, 9.17) is 4.74 Å². The molecule has 190 valence electrons. The molecule has 0 radical (unpaired) electrons. The molecule has 7 rings (SSSR count). The summed E-state index contributed by atoms with van der Waals surface area (Å²) in [5.74, 6) is 0.188. The zero-order valence-corrected chi connectivity index (χ0v) is 20.8. The number of aromatic hydroxyl groups is 2. The first-order valence-corrected chi connectivity index (χ1v) is 13.3. The van der Waals surface area contributed by atoms with Crippen LogP contribution in [0.4, 0.5) is 0 Å². The van der Waals surface area contributed by atoms with Crippen LogP contribution in [-0.2, 0) is 23.1 Å². The highest BCUT2D eigenvalue weighted by Crippen LogP contribution is 2.69. The van der Waals surface area contributed by atoms with Crippen molar-refractivity contribution in [1.82, 2.24) is 10.2 Å². The van der Waals surface area contributed by atoms with Crippen molar-refractivity contribution in [2.24, 2.45) is 0 Å². The fourth-order valence-corrected chi connectivity index (χ4v) is 8.03. The molecule has 1 aliphatic carbocycles. The minimum Gasteiger partial charge on any atom is -0.508 e. The van der Waals surface area contributed by atoms with E-state index in [1.807, 2.05) is 12.1 Å². The Kier molecular flexibility index (Phi) is 4.98. The van der Waals surface area contributed by atoms with E-state index in [9.17, 15) is 15.0 Å². The number of phenolic OH excluding ortho intramolecular Hbond substituents is 2. The standard InChI is InChI=1S/C31H32N2O4/c34-24-8-4-7-23(15-24)28(36)32-20-29-11-12-31(37-29)27-16-22-9-10-25(35)17-26(22)30(31,19-29)13-14-33(27)18-21-5-2-1-3-6-21/h1-10,15,17,27,34-35H,11-14,16,18-20H2,(H,32,36)/t27-,29-,30-,31-/m1/s1. The molecule has 6 heteroatoms. The van der Waals surface area contributed by atoms with E-state index in [1.54, 1.807) is 18.2 Å². The first-order chi connectivity index (χ1) is 17.9. The van der Waals surface area contributed by atoms with Gasteiger partial charge in [-0.15, -0.1) is 0 Å². The Morgan fingerprint density at radius 1 is 0.973 bits per heavy atom. The molecule has 4 atom stereocenters. The Balaban J connectivity index is 1.23. The highest BCUT2D eigenvalue weighted by molar-refractivity contribution is 5.94. The highest BCUT2D eigenvalue weighted by atomic mass is 16.5. The van der Waals surface area contributed by atoms with Gasteiger partial charge < -0.3 is 20.3 Å². The van der Waals surface area contributed by atoms with Gasteiger partial charge in [-0.3, -0.25) is 9.69 Å².